The molecule has 0 bridgehead atoms. The first kappa shape index (κ1) is 9.89. The molecular formula is C10H15N. The van der Waals surface area contributed by atoms with E-state index in [0.717, 1.165) is 17.8 Å². The summed E-state index contributed by atoms with van der Waals surface area (Å²) in [7, 11) is 0. The molecule has 0 spiro atoms. The predicted molar refractivity (Wildman–Crippen MR) is 51.9 cm³/mol. The van der Waals surface area contributed by atoms with Crippen molar-refractivity contribution in [1.29, 1.82) is 0 Å². The van der Waals surface area contributed by atoms with E-state index in [4.69, 9.17) is 0 Å². The third kappa shape index (κ3) is 3.56. The third-order valence-corrected chi connectivity index (χ3v) is 1.38. The highest BCUT2D eigenvalue weighted by Crippen LogP contribution is 2.00. The van der Waals surface area contributed by atoms with Crippen LogP contribution in [0.3, 0.4) is 0 Å². The Kier molecular flexibility index (Phi) is 5.09. The van der Waals surface area contributed by atoms with Gasteiger partial charge in [0, 0.05) is 5.71 Å². The molecule has 60 valence electrons. The summed E-state index contributed by atoms with van der Waals surface area (Å²) in [5.41, 5.74) is 1.90. The monoisotopic (exact) mass is 149 g/mol. The average molecular weight is 149 g/mol. The van der Waals surface area contributed by atoms with Crippen molar-refractivity contribution in [3.8, 4) is 0 Å². The molecule has 0 fully saturated rings. The summed E-state index contributed by atoms with van der Waals surface area (Å²) < 4.78 is 0. The average Bonchev–Trinajstić information content (AvgIpc) is 2.07. The zero-order chi connectivity index (χ0) is 8.69. The number of hydrogen-bond acceptors (Lipinski definition) is 1. The Morgan fingerprint density at radius 2 is 2.00 bits per heavy atom. The lowest BCUT2D eigenvalue weighted by Gasteiger charge is -1.95. The number of hydrogen-bond donors (Lipinski definition) is 0. The zero-order valence-electron chi connectivity index (χ0n) is 7.30. The Morgan fingerprint density at radius 3 is 2.27 bits per heavy atom. The molecule has 0 N–H and O–H groups in total. The summed E-state index contributed by atoms with van der Waals surface area (Å²) in [4.78, 5) is 4.29. The predicted octanol–water partition coefficient (Wildman–Crippen LogP) is 3.11. The second kappa shape index (κ2) is 5.66. The van der Waals surface area contributed by atoms with Gasteiger partial charge in [-0.25, -0.2) is 0 Å². The molecule has 0 rings (SSSR count). The summed E-state index contributed by atoms with van der Waals surface area (Å²) in [5.74, 6) is 0. The van der Waals surface area contributed by atoms with Crippen LogP contribution in [0.1, 0.15) is 20.3 Å². The maximum Gasteiger partial charge on any atom is 0.0584 e. The molecule has 0 aliphatic rings. The van der Waals surface area contributed by atoms with Crippen molar-refractivity contribution >= 4 is 5.71 Å². The van der Waals surface area contributed by atoms with Crippen molar-refractivity contribution in [2.45, 2.75) is 20.3 Å². The van der Waals surface area contributed by atoms with Gasteiger partial charge >= 0.3 is 0 Å². The van der Waals surface area contributed by atoms with Gasteiger partial charge < -0.3 is 0 Å². The van der Waals surface area contributed by atoms with Gasteiger partial charge in [-0.15, -0.1) is 0 Å². The van der Waals surface area contributed by atoms with Gasteiger partial charge in [-0.05, 0) is 25.5 Å². The molecule has 11 heavy (non-hydrogen) atoms. The lowest BCUT2D eigenvalue weighted by atomic mass is 10.3. The highest BCUT2D eigenvalue weighted by Gasteiger charge is 1.88. The number of allylic oxidation sites excluding steroid dienone is 3. The van der Waals surface area contributed by atoms with Crippen LogP contribution in [-0.2, 0) is 0 Å². The van der Waals surface area contributed by atoms with E-state index in [1.807, 2.05) is 13.0 Å². The van der Waals surface area contributed by atoms with Crippen LogP contribution in [0.5, 0.6) is 0 Å². The fourth-order valence-corrected chi connectivity index (χ4v) is 0.663. The summed E-state index contributed by atoms with van der Waals surface area (Å²) in [6, 6.07) is 0. The minimum absolute atomic E-state index is 0.904. The Labute approximate surface area is 68.9 Å². The van der Waals surface area contributed by atoms with Crippen molar-refractivity contribution in [1.82, 2.24) is 0 Å². The molecule has 0 heterocycles. The van der Waals surface area contributed by atoms with Gasteiger partial charge in [-0.3, -0.25) is 4.99 Å². The zero-order valence-corrected chi connectivity index (χ0v) is 7.30. The summed E-state index contributed by atoms with van der Waals surface area (Å²) in [6.45, 7) is 11.3. The molecule has 0 aliphatic carbocycles. The molecule has 0 amide bonds. The first-order chi connectivity index (χ1) is 5.28. The molecule has 1 nitrogen and oxygen atoms in total. The van der Waals surface area contributed by atoms with E-state index in [1.54, 1.807) is 12.2 Å². The van der Waals surface area contributed by atoms with Crippen molar-refractivity contribution in [2.75, 3.05) is 0 Å². The van der Waals surface area contributed by atoms with Gasteiger partial charge in [0.1, 0.15) is 0 Å². The molecule has 0 atom stereocenters. The highest BCUT2D eigenvalue weighted by atomic mass is 14.7. The van der Waals surface area contributed by atoms with Gasteiger partial charge in [-0.2, -0.15) is 0 Å². The van der Waals surface area contributed by atoms with Crippen LogP contribution in [0.4, 0.5) is 0 Å². The van der Waals surface area contributed by atoms with E-state index >= 15 is 0 Å². The van der Waals surface area contributed by atoms with Crippen molar-refractivity contribution in [2.24, 2.45) is 4.99 Å². The number of rotatable bonds is 4. The van der Waals surface area contributed by atoms with E-state index in [2.05, 4.69) is 25.1 Å². The SMILES string of the molecule is C=CC(CC)=N/C(C=C)=C\C. The minimum atomic E-state index is 0.904. The van der Waals surface area contributed by atoms with Crippen LogP contribution in [0, 0.1) is 0 Å². The number of aliphatic imine (C=N–C) groups is 1. The Bertz CT molecular complexity index is 197. The van der Waals surface area contributed by atoms with Crippen LogP contribution in [0.2, 0.25) is 0 Å². The van der Waals surface area contributed by atoms with Gasteiger partial charge in [0.15, 0.2) is 0 Å². The summed E-state index contributed by atoms with van der Waals surface area (Å²) in [6.07, 6.45) is 6.34. The molecule has 0 aromatic rings. The van der Waals surface area contributed by atoms with Crippen LogP contribution < -0.4 is 0 Å². The van der Waals surface area contributed by atoms with E-state index in [-0.39, 0.29) is 0 Å². The quantitative estimate of drug-likeness (QED) is 0.430. The van der Waals surface area contributed by atoms with Crippen molar-refractivity contribution < 1.29 is 0 Å². The van der Waals surface area contributed by atoms with Crippen LogP contribution >= 0.6 is 0 Å². The molecular weight excluding hydrogens is 134 g/mol. The van der Waals surface area contributed by atoms with Gasteiger partial charge in [0.05, 0.1) is 5.70 Å². The normalized spacial score (nSPS) is 12.9. The molecule has 0 aliphatic heterocycles. The molecule has 0 saturated carbocycles. The Morgan fingerprint density at radius 1 is 1.36 bits per heavy atom. The lowest BCUT2D eigenvalue weighted by Crippen LogP contribution is -1.89. The third-order valence-electron chi connectivity index (χ3n) is 1.38. The number of nitrogens with zero attached hydrogens (tertiary/aromatic N) is 1. The highest BCUT2D eigenvalue weighted by molar-refractivity contribution is 5.95. The molecule has 1 heteroatoms. The standard InChI is InChI=1S/C10H15N/c1-5-9(6-2)11-10(7-3)8-4/h5-7H,1,3,8H2,2,4H3/b9-6-,11-10?. The summed E-state index contributed by atoms with van der Waals surface area (Å²) >= 11 is 0. The molecule has 0 aromatic heterocycles. The molecule has 0 saturated heterocycles. The maximum atomic E-state index is 4.29. The Hall–Kier alpha value is -1.11. The second-order valence-electron chi connectivity index (χ2n) is 2.08. The van der Waals surface area contributed by atoms with E-state index in [9.17, 15) is 0 Å². The molecule has 0 aromatic carbocycles. The summed E-state index contributed by atoms with van der Waals surface area (Å²) in [5, 5.41) is 0. The van der Waals surface area contributed by atoms with E-state index < -0.39 is 0 Å². The van der Waals surface area contributed by atoms with Crippen LogP contribution in [0.25, 0.3) is 0 Å². The smallest absolute Gasteiger partial charge is 0.0584 e. The minimum Gasteiger partial charge on any atom is -0.254 e. The van der Waals surface area contributed by atoms with Crippen LogP contribution in [0.15, 0.2) is 42.1 Å². The van der Waals surface area contributed by atoms with Crippen molar-refractivity contribution in [3.05, 3.63) is 37.1 Å². The first-order valence-electron chi connectivity index (χ1n) is 3.77. The van der Waals surface area contributed by atoms with E-state index in [0.29, 0.717) is 0 Å². The molecule has 0 radical (unpaired) electrons. The van der Waals surface area contributed by atoms with Gasteiger partial charge in [0.25, 0.3) is 0 Å². The molecule has 0 unspecified atom stereocenters. The van der Waals surface area contributed by atoms with Gasteiger partial charge in [0.2, 0.25) is 0 Å². The largest absolute Gasteiger partial charge is 0.254 e. The van der Waals surface area contributed by atoms with E-state index in [1.165, 1.54) is 0 Å². The first-order valence-corrected chi connectivity index (χ1v) is 3.77. The maximum absolute atomic E-state index is 4.29. The fourth-order valence-electron chi connectivity index (χ4n) is 0.663. The fraction of sp³-hybridized carbons (Fsp3) is 0.300. The van der Waals surface area contributed by atoms with Crippen molar-refractivity contribution in [3.63, 3.8) is 0 Å². The van der Waals surface area contributed by atoms with Gasteiger partial charge in [-0.1, -0.05) is 26.2 Å². The second-order valence-corrected chi connectivity index (χ2v) is 2.08. The Balaban J connectivity index is 4.47. The van der Waals surface area contributed by atoms with Crippen LogP contribution in [-0.4, -0.2) is 5.71 Å². The lowest BCUT2D eigenvalue weighted by molar-refractivity contribution is 1.25. The topological polar surface area (TPSA) is 12.4 Å².